The number of ether oxygens (including phenoxy) is 2. The summed E-state index contributed by atoms with van der Waals surface area (Å²) in [6.07, 6.45) is 5.44. The van der Waals surface area contributed by atoms with Crippen LogP contribution in [0.1, 0.15) is 15.9 Å². The highest BCUT2D eigenvalue weighted by molar-refractivity contribution is 6.31. The van der Waals surface area contributed by atoms with E-state index in [1.54, 1.807) is 54.9 Å². The van der Waals surface area contributed by atoms with Crippen molar-refractivity contribution in [1.82, 2.24) is 15.3 Å². The molecule has 0 fully saturated rings. The van der Waals surface area contributed by atoms with Gasteiger partial charge in [0.05, 0.1) is 12.1 Å². The predicted molar refractivity (Wildman–Crippen MR) is 115 cm³/mol. The van der Waals surface area contributed by atoms with Gasteiger partial charge < -0.3 is 14.8 Å². The van der Waals surface area contributed by atoms with Crippen LogP contribution < -0.4 is 14.8 Å². The number of amides is 1. The van der Waals surface area contributed by atoms with Crippen LogP contribution in [0.2, 0.25) is 5.02 Å². The molecule has 0 spiro atoms. The van der Waals surface area contributed by atoms with E-state index in [0.29, 0.717) is 47.5 Å². The fourth-order valence-electron chi connectivity index (χ4n) is 3.30. The highest BCUT2D eigenvalue weighted by Crippen LogP contribution is 2.39. The molecule has 152 valence electrons. The van der Waals surface area contributed by atoms with Crippen LogP contribution in [0.3, 0.4) is 0 Å². The maximum atomic E-state index is 12.6. The number of rotatable bonds is 7. The smallest absolute Gasteiger partial charge is 0.251 e. The number of halogens is 1. The number of hydrogen-bond acceptors (Lipinski definition) is 5. The van der Waals surface area contributed by atoms with Gasteiger partial charge in [-0.25, -0.2) is 9.97 Å². The lowest BCUT2D eigenvalue weighted by molar-refractivity contribution is 0.0933. The van der Waals surface area contributed by atoms with Crippen LogP contribution in [0.4, 0.5) is 0 Å². The average molecular weight is 422 g/mol. The second-order valence-electron chi connectivity index (χ2n) is 6.80. The summed E-state index contributed by atoms with van der Waals surface area (Å²) in [5, 5.41) is 3.53. The summed E-state index contributed by atoms with van der Waals surface area (Å²) in [4.78, 5) is 21.2. The molecule has 0 saturated carbocycles. The van der Waals surface area contributed by atoms with E-state index < -0.39 is 0 Å². The quantitative estimate of drug-likeness (QED) is 0.581. The van der Waals surface area contributed by atoms with Crippen molar-refractivity contribution in [3.8, 4) is 22.9 Å². The van der Waals surface area contributed by atoms with Crippen molar-refractivity contribution < 1.29 is 14.3 Å². The Labute approximate surface area is 179 Å². The lowest BCUT2D eigenvalue weighted by Crippen LogP contribution is -2.34. The highest BCUT2D eigenvalue weighted by atomic mass is 35.5. The van der Waals surface area contributed by atoms with Gasteiger partial charge in [0.1, 0.15) is 24.2 Å². The van der Waals surface area contributed by atoms with E-state index in [9.17, 15) is 4.79 Å². The van der Waals surface area contributed by atoms with Gasteiger partial charge in [-0.3, -0.25) is 4.79 Å². The van der Waals surface area contributed by atoms with E-state index in [1.807, 2.05) is 6.07 Å². The van der Waals surface area contributed by atoms with E-state index in [-0.39, 0.29) is 12.0 Å². The van der Waals surface area contributed by atoms with Gasteiger partial charge in [-0.15, -0.1) is 0 Å². The van der Waals surface area contributed by atoms with Crippen LogP contribution in [0.15, 0.2) is 67.5 Å². The molecule has 1 aliphatic rings. The molecule has 6 nitrogen and oxygen atoms in total. The molecule has 2 heterocycles. The summed E-state index contributed by atoms with van der Waals surface area (Å²) in [6, 6.07) is 12.5. The number of benzene rings is 2. The molecule has 0 unspecified atom stereocenters. The molecule has 0 bridgehead atoms. The molecule has 30 heavy (non-hydrogen) atoms. The Hall–Kier alpha value is -3.38. The Balaban J connectivity index is 1.43. The molecular weight excluding hydrogens is 402 g/mol. The first-order chi connectivity index (χ1) is 14.6. The maximum Gasteiger partial charge on any atom is 0.251 e. The predicted octanol–water partition coefficient (Wildman–Crippen LogP) is 4.10. The number of carbonyl (C=O) groups excluding carboxylic acids is 1. The van der Waals surface area contributed by atoms with Crippen molar-refractivity contribution in [1.29, 1.82) is 0 Å². The number of fused-ring (bicyclic) bond motifs is 1. The second-order valence-corrected chi connectivity index (χ2v) is 7.23. The first-order valence-electron chi connectivity index (χ1n) is 9.52. The molecule has 1 aliphatic heterocycles. The zero-order chi connectivity index (χ0) is 20.9. The van der Waals surface area contributed by atoms with Crippen molar-refractivity contribution >= 4 is 17.5 Å². The van der Waals surface area contributed by atoms with Gasteiger partial charge in [-0.1, -0.05) is 30.3 Å². The van der Waals surface area contributed by atoms with Crippen LogP contribution in [0.25, 0.3) is 11.4 Å². The zero-order valence-electron chi connectivity index (χ0n) is 16.2. The molecule has 1 aromatic heterocycles. The molecule has 4 rings (SSSR count). The first-order valence-corrected chi connectivity index (χ1v) is 9.90. The fourth-order valence-corrected chi connectivity index (χ4v) is 3.54. The molecule has 0 aliphatic carbocycles. The van der Waals surface area contributed by atoms with Gasteiger partial charge in [-0.05, 0) is 36.4 Å². The minimum Gasteiger partial charge on any atom is -0.490 e. The summed E-state index contributed by atoms with van der Waals surface area (Å²) in [6.45, 7) is 4.36. The third kappa shape index (κ3) is 4.44. The van der Waals surface area contributed by atoms with Crippen LogP contribution in [-0.2, 0) is 6.42 Å². The fraction of sp³-hybridized carbons (Fsp3) is 0.174. The third-order valence-corrected chi connectivity index (χ3v) is 4.84. The third-order valence-electron chi connectivity index (χ3n) is 4.62. The molecule has 0 radical (unpaired) electrons. The Morgan fingerprint density at radius 3 is 2.90 bits per heavy atom. The molecule has 7 heteroatoms. The maximum absolute atomic E-state index is 12.6. The minimum absolute atomic E-state index is 0.191. The van der Waals surface area contributed by atoms with E-state index >= 15 is 0 Å². The summed E-state index contributed by atoms with van der Waals surface area (Å²) in [5.41, 5.74) is 2.25. The Morgan fingerprint density at radius 1 is 1.27 bits per heavy atom. The average Bonchev–Trinajstić information content (AvgIpc) is 3.19. The van der Waals surface area contributed by atoms with Gasteiger partial charge in [-0.2, -0.15) is 0 Å². The topological polar surface area (TPSA) is 73.3 Å². The van der Waals surface area contributed by atoms with Gasteiger partial charge in [0.25, 0.3) is 5.91 Å². The van der Waals surface area contributed by atoms with E-state index in [4.69, 9.17) is 21.1 Å². The lowest BCUT2D eigenvalue weighted by Gasteiger charge is -2.13. The van der Waals surface area contributed by atoms with Crippen molar-refractivity contribution in [3.63, 3.8) is 0 Å². The van der Waals surface area contributed by atoms with Gasteiger partial charge in [0.15, 0.2) is 5.82 Å². The lowest BCUT2D eigenvalue weighted by atomic mass is 10.1. The normalized spacial score (nSPS) is 14.5. The number of hydrogen-bond donors (Lipinski definition) is 1. The van der Waals surface area contributed by atoms with Crippen molar-refractivity contribution in [2.45, 2.75) is 12.5 Å². The largest absolute Gasteiger partial charge is 0.490 e. The summed E-state index contributed by atoms with van der Waals surface area (Å²) < 4.78 is 11.6. The standard InChI is InChI=1S/C23H20ClN3O3/c1-2-9-29-18-6-3-5-15(11-18)23(28)27-14-19-12-16-10-17(24)13-20(21(16)30-19)22-25-7-4-8-26-22/h2-8,10-11,13,19H,1,9,12,14H2,(H,27,28)/t19-/m1/s1. The van der Waals surface area contributed by atoms with E-state index in [2.05, 4.69) is 21.9 Å². The molecule has 2 aromatic carbocycles. The second kappa shape index (κ2) is 8.97. The molecule has 1 N–H and O–H groups in total. The zero-order valence-corrected chi connectivity index (χ0v) is 16.9. The molecule has 1 atom stereocenters. The van der Waals surface area contributed by atoms with Gasteiger partial charge in [0, 0.05) is 35.0 Å². The summed E-state index contributed by atoms with van der Waals surface area (Å²) in [7, 11) is 0. The Kier molecular flexibility index (Phi) is 5.95. The van der Waals surface area contributed by atoms with Crippen molar-refractivity contribution in [2.75, 3.05) is 13.2 Å². The van der Waals surface area contributed by atoms with Crippen LogP contribution in [0, 0.1) is 0 Å². The van der Waals surface area contributed by atoms with Crippen LogP contribution in [-0.4, -0.2) is 35.1 Å². The molecule has 3 aromatic rings. The Bertz CT molecular complexity index is 1070. The van der Waals surface area contributed by atoms with Crippen LogP contribution in [0.5, 0.6) is 11.5 Å². The SMILES string of the molecule is C=CCOc1cccc(C(=O)NC[C@H]2Cc3cc(Cl)cc(-c4ncccn4)c3O2)c1. The molecular formula is C23H20ClN3O3. The van der Waals surface area contributed by atoms with E-state index in [0.717, 1.165) is 11.1 Å². The number of nitrogens with one attached hydrogen (secondary N) is 1. The monoisotopic (exact) mass is 421 g/mol. The molecule has 0 saturated heterocycles. The van der Waals surface area contributed by atoms with Crippen molar-refractivity contribution in [3.05, 3.63) is 83.7 Å². The summed E-state index contributed by atoms with van der Waals surface area (Å²) >= 11 is 6.29. The number of nitrogens with zero attached hydrogens (tertiary/aromatic N) is 2. The van der Waals surface area contributed by atoms with E-state index in [1.165, 1.54) is 0 Å². The van der Waals surface area contributed by atoms with Gasteiger partial charge in [0.2, 0.25) is 0 Å². The van der Waals surface area contributed by atoms with Crippen molar-refractivity contribution in [2.24, 2.45) is 0 Å². The first kappa shape index (κ1) is 19.9. The minimum atomic E-state index is -0.204. The number of aromatic nitrogens is 2. The highest BCUT2D eigenvalue weighted by Gasteiger charge is 2.28. The van der Waals surface area contributed by atoms with Gasteiger partial charge >= 0.3 is 0 Å². The van der Waals surface area contributed by atoms with Crippen LogP contribution >= 0.6 is 11.6 Å². The summed E-state index contributed by atoms with van der Waals surface area (Å²) in [5.74, 6) is 1.69. The Morgan fingerprint density at radius 2 is 2.10 bits per heavy atom. The molecule has 1 amide bonds. The number of carbonyl (C=O) groups is 1.